The molecule has 3 aliphatic rings. The number of nitrogens with one attached hydrogen (secondary N) is 3. The summed E-state index contributed by atoms with van der Waals surface area (Å²) in [6.07, 6.45) is 5.01. The molecule has 3 aliphatic heterocycles. The maximum Gasteiger partial charge on any atom is 0.283 e. The number of hydrogen-bond acceptors (Lipinski definition) is 15. The molecule has 1 fully saturated rings. The Morgan fingerprint density at radius 3 is 2.56 bits per heavy atom. The monoisotopic (exact) mass is 860 g/mol. The number of H-pyrrole nitrogens is 1. The Hall–Kier alpha value is -7.39. The Morgan fingerprint density at radius 1 is 1.02 bits per heavy atom. The standard InChI is InChI=1S/C23H28N8O4.C19H14F2N6O/c1-33-19-17(35-10-2-6-30-8-11-34-12-9-30)4-3-16-18(19)28-23(31-7-5-25-20(16)31)29-21(32)15-13-26-22(24)27-14-15;1-27-18(22-8-23-27)15-16(9-2-4-10(20)5-3-9)24-13-7-11(21)6-12-14(13)17(15)25-26-19(12)28/h3-4,13-14,25H,2,5-12H2,1H3,(H2,24,26,27);2-8,15-16,24H,1H3,(H,26,28)/t;15-,16-/m.1/s1. The predicted molar refractivity (Wildman–Crippen MR) is 226 cm³/mol. The second kappa shape index (κ2) is 17.5. The zero-order chi connectivity index (χ0) is 43.6. The second-order valence-electron chi connectivity index (χ2n) is 14.9. The van der Waals surface area contributed by atoms with Crippen molar-refractivity contribution in [3.8, 4) is 11.5 Å². The lowest BCUT2D eigenvalue weighted by Crippen LogP contribution is -2.37. The fraction of sp³-hybridized carbons (Fsp3) is 0.310. The van der Waals surface area contributed by atoms with Gasteiger partial charge in [-0.1, -0.05) is 12.1 Å². The van der Waals surface area contributed by atoms with Gasteiger partial charge in [-0.2, -0.15) is 15.2 Å². The highest BCUT2D eigenvalue weighted by Crippen LogP contribution is 2.46. The van der Waals surface area contributed by atoms with E-state index in [0.717, 1.165) is 56.0 Å². The summed E-state index contributed by atoms with van der Waals surface area (Å²) >= 11 is 0. The van der Waals surface area contributed by atoms with E-state index in [0.29, 0.717) is 59.3 Å². The van der Waals surface area contributed by atoms with Crippen molar-refractivity contribution in [3.05, 3.63) is 118 Å². The SMILES string of the molecule is COc1c(OCCCN2CCOCC2)ccc2c3n(c(=NC(=O)c4cnc(N)nc4)nc12)CCN3.Cn1ncnc1[C@H]1c2n[nH]c(=O)c3cc(F)cc(c23)N[C@@H]1c1ccc(F)cc1. The van der Waals surface area contributed by atoms with Crippen molar-refractivity contribution in [3.63, 3.8) is 0 Å². The first-order valence-electron chi connectivity index (χ1n) is 20.2. The molecule has 5 N–H and O–H groups in total. The average Bonchev–Trinajstić information content (AvgIpc) is 3.97. The molecule has 324 valence electrons. The maximum absolute atomic E-state index is 14.1. The van der Waals surface area contributed by atoms with E-state index in [4.69, 9.17) is 24.9 Å². The number of amides is 1. The van der Waals surface area contributed by atoms with Crippen LogP contribution in [0.4, 0.5) is 26.2 Å². The van der Waals surface area contributed by atoms with Crippen LogP contribution in [0.25, 0.3) is 21.7 Å². The molecule has 0 saturated carbocycles. The molecule has 3 aromatic carbocycles. The topological polar surface area (TPSA) is 230 Å². The smallest absolute Gasteiger partial charge is 0.283 e. The number of aryl methyl sites for hydroxylation is 1. The number of carbonyl (C=O) groups excluding carboxylic acids is 1. The number of carbonyl (C=O) groups is 1. The van der Waals surface area contributed by atoms with Gasteiger partial charge in [0, 0.05) is 68.6 Å². The number of morpholine rings is 1. The third-order valence-electron chi connectivity index (χ3n) is 11.1. The molecule has 1 saturated heterocycles. The van der Waals surface area contributed by atoms with Gasteiger partial charge in [0.15, 0.2) is 11.5 Å². The molecule has 0 aliphatic carbocycles. The third kappa shape index (κ3) is 8.22. The van der Waals surface area contributed by atoms with Gasteiger partial charge in [-0.3, -0.25) is 23.7 Å². The first-order chi connectivity index (χ1) is 30.7. The number of hydrogen-bond donors (Lipinski definition) is 4. The van der Waals surface area contributed by atoms with Gasteiger partial charge >= 0.3 is 0 Å². The summed E-state index contributed by atoms with van der Waals surface area (Å²) in [5, 5.41) is 19.1. The number of rotatable bonds is 9. The number of nitrogens with two attached hydrogens (primary N) is 1. The second-order valence-corrected chi connectivity index (χ2v) is 14.9. The van der Waals surface area contributed by atoms with E-state index >= 15 is 0 Å². The minimum absolute atomic E-state index is 0.0899. The molecular formula is C42H42F2N14O5. The summed E-state index contributed by atoms with van der Waals surface area (Å²) in [6, 6.07) is 12.0. The molecular weight excluding hydrogens is 819 g/mol. The van der Waals surface area contributed by atoms with Crippen LogP contribution in [-0.4, -0.2) is 108 Å². The lowest BCUT2D eigenvalue weighted by atomic mass is 9.83. The molecule has 4 aromatic heterocycles. The molecule has 7 aromatic rings. The minimum Gasteiger partial charge on any atom is -0.491 e. The van der Waals surface area contributed by atoms with Gasteiger partial charge in [0.1, 0.15) is 35.1 Å². The molecule has 0 bridgehead atoms. The Morgan fingerprint density at radius 2 is 1.81 bits per heavy atom. The number of ether oxygens (including phenoxy) is 3. The molecule has 10 rings (SSSR count). The van der Waals surface area contributed by atoms with Crippen LogP contribution in [0.1, 0.15) is 45.8 Å². The number of aromatic amines is 1. The summed E-state index contributed by atoms with van der Waals surface area (Å²) in [5.41, 5.74) is 7.88. The number of fused-ring (bicyclic) bond motifs is 3. The highest BCUT2D eigenvalue weighted by molar-refractivity contribution is 5.98. The number of methoxy groups -OCH3 is 1. The molecule has 0 unspecified atom stereocenters. The fourth-order valence-corrected chi connectivity index (χ4v) is 8.08. The van der Waals surface area contributed by atoms with Crippen LogP contribution in [0.3, 0.4) is 0 Å². The number of nitrogens with zero attached hydrogens (tertiary/aromatic N) is 10. The maximum atomic E-state index is 14.1. The third-order valence-corrected chi connectivity index (χ3v) is 11.1. The van der Waals surface area contributed by atoms with Gasteiger partial charge in [0.2, 0.25) is 11.6 Å². The van der Waals surface area contributed by atoms with Crippen molar-refractivity contribution in [2.75, 3.05) is 69.5 Å². The van der Waals surface area contributed by atoms with Crippen LogP contribution in [-0.2, 0) is 18.3 Å². The van der Waals surface area contributed by atoms with Gasteiger partial charge in [0.25, 0.3) is 11.5 Å². The highest BCUT2D eigenvalue weighted by atomic mass is 19.1. The van der Waals surface area contributed by atoms with Gasteiger partial charge in [-0.05, 0) is 48.4 Å². The number of halogens is 2. The largest absolute Gasteiger partial charge is 0.491 e. The molecule has 21 heteroatoms. The zero-order valence-electron chi connectivity index (χ0n) is 34.2. The molecule has 0 radical (unpaired) electrons. The number of benzene rings is 3. The number of anilines is 3. The molecule has 19 nitrogen and oxygen atoms in total. The van der Waals surface area contributed by atoms with Gasteiger partial charge < -0.3 is 30.6 Å². The van der Waals surface area contributed by atoms with E-state index in [-0.39, 0.29) is 28.3 Å². The van der Waals surface area contributed by atoms with Crippen LogP contribution < -0.4 is 37.0 Å². The molecule has 63 heavy (non-hydrogen) atoms. The van der Waals surface area contributed by atoms with Crippen molar-refractivity contribution < 1.29 is 27.8 Å². The van der Waals surface area contributed by atoms with E-state index < -0.39 is 29.2 Å². The summed E-state index contributed by atoms with van der Waals surface area (Å²) in [5.74, 6) is 0.797. The van der Waals surface area contributed by atoms with E-state index in [1.165, 1.54) is 43.0 Å². The van der Waals surface area contributed by atoms with Gasteiger partial charge in [-0.25, -0.2) is 33.8 Å². The first-order valence-corrected chi connectivity index (χ1v) is 20.2. The Balaban J connectivity index is 0.000000164. The van der Waals surface area contributed by atoms with Gasteiger partial charge in [-0.15, -0.1) is 0 Å². The number of nitrogen functional groups attached to an aromatic ring is 1. The molecule has 2 atom stereocenters. The van der Waals surface area contributed by atoms with Crippen LogP contribution in [0.15, 0.2) is 77.0 Å². The van der Waals surface area contributed by atoms with Gasteiger partial charge in [0.05, 0.1) is 55.5 Å². The normalized spacial score (nSPS) is 17.1. The van der Waals surface area contributed by atoms with Crippen molar-refractivity contribution in [1.82, 2.24) is 49.4 Å². The first kappa shape index (κ1) is 41.0. The van der Waals surface area contributed by atoms with Crippen LogP contribution in [0.2, 0.25) is 0 Å². The van der Waals surface area contributed by atoms with E-state index in [2.05, 4.69) is 50.8 Å². The summed E-state index contributed by atoms with van der Waals surface area (Å²) in [6.45, 7) is 6.29. The minimum atomic E-state index is -0.535. The fourth-order valence-electron chi connectivity index (χ4n) is 8.08. The molecule has 1 amide bonds. The van der Waals surface area contributed by atoms with Crippen molar-refractivity contribution in [2.24, 2.45) is 12.0 Å². The lowest BCUT2D eigenvalue weighted by Gasteiger charge is -2.33. The van der Waals surface area contributed by atoms with Crippen LogP contribution in [0.5, 0.6) is 11.5 Å². The van der Waals surface area contributed by atoms with E-state index in [1.54, 1.807) is 31.0 Å². The van der Waals surface area contributed by atoms with E-state index in [1.807, 2.05) is 16.7 Å². The quantitative estimate of drug-likeness (QED) is 0.153. The van der Waals surface area contributed by atoms with Crippen molar-refractivity contribution in [1.29, 1.82) is 0 Å². The Kier molecular flexibility index (Phi) is 11.4. The summed E-state index contributed by atoms with van der Waals surface area (Å²) in [7, 11) is 3.34. The lowest BCUT2D eigenvalue weighted by molar-refractivity contribution is 0.0357. The van der Waals surface area contributed by atoms with Crippen LogP contribution in [0, 0.1) is 11.6 Å². The zero-order valence-corrected chi connectivity index (χ0v) is 34.2. The average molecular weight is 861 g/mol. The van der Waals surface area contributed by atoms with Crippen LogP contribution >= 0.6 is 0 Å². The van der Waals surface area contributed by atoms with Crippen molar-refractivity contribution >= 4 is 45.0 Å². The number of aromatic nitrogens is 9. The van der Waals surface area contributed by atoms with Crippen molar-refractivity contribution in [2.45, 2.75) is 24.9 Å². The highest BCUT2D eigenvalue weighted by Gasteiger charge is 2.38. The Labute approximate surface area is 357 Å². The Bertz CT molecular complexity index is 2950. The molecule has 7 heterocycles. The van der Waals surface area contributed by atoms with E-state index in [9.17, 15) is 18.4 Å². The predicted octanol–water partition coefficient (Wildman–Crippen LogP) is 3.31. The molecule has 0 spiro atoms. The summed E-state index contributed by atoms with van der Waals surface area (Å²) in [4.78, 5) is 48.4. The summed E-state index contributed by atoms with van der Waals surface area (Å²) < 4.78 is 48.3.